The maximum absolute atomic E-state index is 10.7. The van der Waals surface area contributed by atoms with Crippen LogP contribution in [0.25, 0.3) is 0 Å². The summed E-state index contributed by atoms with van der Waals surface area (Å²) in [6.07, 6.45) is 0.329. The second-order valence-electron chi connectivity index (χ2n) is 2.14. The normalized spacial score (nSPS) is 9.08. The van der Waals surface area contributed by atoms with Crippen LogP contribution < -0.4 is 0 Å². The fraction of sp³-hybridized carbons (Fsp3) is 0.429. The number of carboxylic acids is 1. The monoisotopic (exact) mass is 172 g/mol. The van der Waals surface area contributed by atoms with Gasteiger partial charge in [-0.15, -0.1) is 0 Å². The fourth-order valence-corrected chi connectivity index (χ4v) is 0.564. The van der Waals surface area contributed by atoms with Crippen LogP contribution in [0.5, 0.6) is 0 Å². The summed E-state index contributed by atoms with van der Waals surface area (Å²) in [4.78, 5) is 41.6. The van der Waals surface area contributed by atoms with Crippen molar-refractivity contribution >= 4 is 23.3 Å². The number of carbonyl (C=O) groups is 4. The van der Waals surface area contributed by atoms with E-state index < -0.39 is 23.3 Å². The molecule has 0 aliphatic carbocycles. The van der Waals surface area contributed by atoms with Crippen molar-refractivity contribution in [2.24, 2.45) is 0 Å². The lowest BCUT2D eigenvalue weighted by atomic mass is 10.1. The molecular weight excluding hydrogens is 164 g/mol. The van der Waals surface area contributed by atoms with E-state index in [1.54, 1.807) is 6.92 Å². The van der Waals surface area contributed by atoms with Crippen LogP contribution in [0, 0.1) is 0 Å². The lowest BCUT2D eigenvalue weighted by Crippen LogP contribution is -2.29. The largest absolute Gasteiger partial charge is 0.475 e. The molecule has 0 aliphatic rings. The summed E-state index contributed by atoms with van der Waals surface area (Å²) in [7, 11) is 0. The Kier molecular flexibility index (Phi) is 3.82. The average Bonchev–Trinajstić information content (AvgIpc) is 2.02. The minimum atomic E-state index is -1.88. The summed E-state index contributed by atoms with van der Waals surface area (Å²) in [5.74, 6) is -5.92. The molecule has 1 N–H and O–H groups in total. The van der Waals surface area contributed by atoms with Crippen LogP contribution in [-0.4, -0.2) is 28.4 Å². The molecule has 0 unspecified atom stereocenters. The number of rotatable bonds is 5. The molecule has 0 saturated heterocycles. The Hall–Kier alpha value is -1.52. The van der Waals surface area contributed by atoms with Gasteiger partial charge in [0.25, 0.3) is 5.78 Å². The van der Waals surface area contributed by atoms with Crippen molar-refractivity contribution in [3.8, 4) is 0 Å². The van der Waals surface area contributed by atoms with Crippen molar-refractivity contribution < 1.29 is 24.3 Å². The second-order valence-corrected chi connectivity index (χ2v) is 2.14. The van der Waals surface area contributed by atoms with E-state index in [1.807, 2.05) is 0 Å². The van der Waals surface area contributed by atoms with Crippen LogP contribution in [-0.2, 0) is 19.2 Å². The van der Waals surface area contributed by atoms with E-state index in [4.69, 9.17) is 5.11 Å². The van der Waals surface area contributed by atoms with Crippen molar-refractivity contribution in [3.05, 3.63) is 0 Å². The van der Waals surface area contributed by atoms with E-state index in [2.05, 4.69) is 0 Å². The zero-order valence-electron chi connectivity index (χ0n) is 6.49. The van der Waals surface area contributed by atoms with Crippen LogP contribution in [0.2, 0.25) is 0 Å². The first-order valence-electron chi connectivity index (χ1n) is 3.35. The van der Waals surface area contributed by atoms with E-state index in [-0.39, 0.29) is 6.42 Å². The third kappa shape index (κ3) is 2.61. The van der Waals surface area contributed by atoms with E-state index in [9.17, 15) is 19.2 Å². The zero-order chi connectivity index (χ0) is 9.72. The van der Waals surface area contributed by atoms with Crippen LogP contribution in [0.3, 0.4) is 0 Å². The van der Waals surface area contributed by atoms with Gasteiger partial charge in [-0.2, -0.15) is 0 Å². The highest BCUT2D eigenvalue weighted by molar-refractivity contribution is 6.76. The molecule has 5 nitrogen and oxygen atoms in total. The number of hydrogen-bond acceptors (Lipinski definition) is 4. The topological polar surface area (TPSA) is 88.5 Å². The standard InChI is InChI=1S/C7H8O5/c1-2-3-4(8)5(9)6(10)7(11)12/h2-3H2,1H3,(H,11,12). The Morgan fingerprint density at radius 2 is 1.58 bits per heavy atom. The van der Waals surface area contributed by atoms with Gasteiger partial charge in [-0.1, -0.05) is 6.92 Å². The summed E-state index contributed by atoms with van der Waals surface area (Å²) in [6.45, 7) is 1.65. The molecule has 0 atom stereocenters. The fourth-order valence-electron chi connectivity index (χ4n) is 0.564. The van der Waals surface area contributed by atoms with Gasteiger partial charge in [-0.25, -0.2) is 4.79 Å². The third-order valence-corrected chi connectivity index (χ3v) is 1.13. The summed E-state index contributed by atoms with van der Waals surface area (Å²) >= 11 is 0. The maximum Gasteiger partial charge on any atom is 0.380 e. The van der Waals surface area contributed by atoms with Gasteiger partial charge in [-0.3, -0.25) is 14.4 Å². The van der Waals surface area contributed by atoms with Crippen LogP contribution in [0.15, 0.2) is 0 Å². The summed E-state index contributed by atoms with van der Waals surface area (Å²) in [5, 5.41) is 8.05. The van der Waals surface area contributed by atoms with Crippen LogP contribution >= 0.6 is 0 Å². The molecule has 0 bridgehead atoms. The molecule has 66 valence electrons. The van der Waals surface area contributed by atoms with Gasteiger partial charge >= 0.3 is 11.8 Å². The number of Topliss-reactive ketones (excluding diaryl/α,β-unsaturated/α-hetero) is 3. The predicted molar refractivity (Wildman–Crippen MR) is 37.6 cm³/mol. The van der Waals surface area contributed by atoms with Crippen molar-refractivity contribution in [2.75, 3.05) is 0 Å². The Labute approximate surface area is 68.4 Å². The summed E-state index contributed by atoms with van der Waals surface area (Å²) in [6, 6.07) is 0. The van der Waals surface area contributed by atoms with Crippen LogP contribution in [0.4, 0.5) is 0 Å². The van der Waals surface area contributed by atoms with Crippen molar-refractivity contribution in [3.63, 3.8) is 0 Å². The number of carboxylic acid groups (broad SMARTS) is 1. The minimum Gasteiger partial charge on any atom is -0.475 e. The average molecular weight is 172 g/mol. The molecule has 0 aliphatic heterocycles. The number of carbonyl (C=O) groups excluding carboxylic acids is 3. The number of hydrogen-bond donors (Lipinski definition) is 1. The molecule has 5 heteroatoms. The Morgan fingerprint density at radius 3 is 1.92 bits per heavy atom. The lowest BCUT2D eigenvalue weighted by Gasteiger charge is -1.92. The number of ketones is 3. The van der Waals surface area contributed by atoms with Gasteiger partial charge < -0.3 is 5.11 Å². The third-order valence-electron chi connectivity index (χ3n) is 1.13. The quantitative estimate of drug-likeness (QED) is 0.449. The van der Waals surface area contributed by atoms with E-state index >= 15 is 0 Å². The predicted octanol–water partition coefficient (Wildman–Crippen LogP) is -0.422. The SMILES string of the molecule is CCCC(=O)C(=O)C(=O)C(=O)O. The molecule has 0 amide bonds. The van der Waals surface area contributed by atoms with E-state index in [0.29, 0.717) is 6.42 Å². The molecule has 12 heavy (non-hydrogen) atoms. The minimum absolute atomic E-state index is 0.0855. The van der Waals surface area contributed by atoms with Gasteiger partial charge in [0.15, 0.2) is 0 Å². The van der Waals surface area contributed by atoms with Crippen molar-refractivity contribution in [1.82, 2.24) is 0 Å². The van der Waals surface area contributed by atoms with Gasteiger partial charge in [0.05, 0.1) is 0 Å². The van der Waals surface area contributed by atoms with Gasteiger partial charge in [0, 0.05) is 6.42 Å². The van der Waals surface area contributed by atoms with Gasteiger partial charge in [-0.05, 0) is 6.42 Å². The Bertz CT molecular complexity index is 240. The second kappa shape index (κ2) is 4.38. The first-order valence-corrected chi connectivity index (χ1v) is 3.35. The van der Waals surface area contributed by atoms with Crippen LogP contribution in [0.1, 0.15) is 19.8 Å². The smallest absolute Gasteiger partial charge is 0.380 e. The highest BCUT2D eigenvalue weighted by atomic mass is 16.4. The lowest BCUT2D eigenvalue weighted by molar-refractivity contribution is -0.155. The molecule has 0 saturated carbocycles. The maximum atomic E-state index is 10.7. The zero-order valence-corrected chi connectivity index (χ0v) is 6.49. The molecule has 0 rings (SSSR count). The molecule has 0 spiro atoms. The van der Waals surface area contributed by atoms with Gasteiger partial charge in [0.1, 0.15) is 0 Å². The molecule has 0 aromatic heterocycles. The molecular formula is C7H8O5. The molecule has 0 heterocycles. The highest BCUT2D eigenvalue weighted by Crippen LogP contribution is 1.91. The molecule has 0 radical (unpaired) electrons. The van der Waals surface area contributed by atoms with Crippen molar-refractivity contribution in [1.29, 1.82) is 0 Å². The Balaban J connectivity index is 4.30. The molecule has 0 fully saturated rings. The van der Waals surface area contributed by atoms with E-state index in [1.165, 1.54) is 0 Å². The summed E-state index contributed by atoms with van der Waals surface area (Å²) in [5.41, 5.74) is 0. The first-order chi connectivity index (χ1) is 5.50. The molecule has 0 aromatic rings. The first kappa shape index (κ1) is 10.5. The Morgan fingerprint density at radius 1 is 1.08 bits per heavy atom. The highest BCUT2D eigenvalue weighted by Gasteiger charge is 2.27. The molecule has 0 aromatic carbocycles. The van der Waals surface area contributed by atoms with Crippen molar-refractivity contribution in [2.45, 2.75) is 19.8 Å². The number of aliphatic carboxylic acids is 1. The van der Waals surface area contributed by atoms with E-state index in [0.717, 1.165) is 0 Å². The van der Waals surface area contributed by atoms with Gasteiger partial charge in [0.2, 0.25) is 5.78 Å². The summed E-state index contributed by atoms with van der Waals surface area (Å²) < 4.78 is 0.